The van der Waals surface area contributed by atoms with E-state index in [1.54, 1.807) is 6.92 Å². The number of hydrogen-bond donors (Lipinski definition) is 2. The van der Waals surface area contributed by atoms with Gasteiger partial charge in [-0.05, 0) is 37.0 Å². The molecule has 18 heavy (non-hydrogen) atoms. The normalized spacial score (nSPS) is 16.2. The fourth-order valence-corrected chi connectivity index (χ4v) is 2.43. The SMILES string of the molecule is COc1c(Cl)cc(C(C)CC(O)C(C)N)cc1Cl. The Bertz CT molecular complexity index is 387. The lowest BCUT2D eigenvalue weighted by atomic mass is 9.93. The van der Waals surface area contributed by atoms with Crippen molar-refractivity contribution in [2.45, 2.75) is 38.3 Å². The standard InChI is InChI=1S/C13H19Cl2NO2/c1-7(4-12(17)8(2)16)9-5-10(14)13(18-3)11(15)6-9/h5-8,12,17H,4,16H2,1-3H3. The van der Waals surface area contributed by atoms with E-state index in [1.807, 2.05) is 19.1 Å². The topological polar surface area (TPSA) is 55.5 Å². The minimum atomic E-state index is -0.542. The maximum Gasteiger partial charge on any atom is 0.156 e. The molecule has 5 heteroatoms. The molecule has 0 amide bonds. The average Bonchev–Trinajstić information content (AvgIpc) is 2.28. The molecule has 0 saturated carbocycles. The number of rotatable bonds is 5. The number of halogens is 2. The minimum absolute atomic E-state index is 0.118. The minimum Gasteiger partial charge on any atom is -0.494 e. The molecule has 3 N–H and O–H groups in total. The Morgan fingerprint density at radius 1 is 1.28 bits per heavy atom. The zero-order valence-electron chi connectivity index (χ0n) is 10.8. The molecule has 0 radical (unpaired) electrons. The summed E-state index contributed by atoms with van der Waals surface area (Å²) < 4.78 is 5.10. The van der Waals surface area contributed by atoms with Gasteiger partial charge in [0.05, 0.1) is 23.3 Å². The monoisotopic (exact) mass is 291 g/mol. The highest BCUT2D eigenvalue weighted by molar-refractivity contribution is 6.37. The van der Waals surface area contributed by atoms with Crippen molar-refractivity contribution in [3.05, 3.63) is 27.7 Å². The van der Waals surface area contributed by atoms with Gasteiger partial charge in [-0.3, -0.25) is 0 Å². The summed E-state index contributed by atoms with van der Waals surface area (Å²) in [6, 6.07) is 3.37. The number of aliphatic hydroxyl groups excluding tert-OH is 1. The molecule has 0 aromatic heterocycles. The largest absolute Gasteiger partial charge is 0.494 e. The van der Waals surface area contributed by atoms with Crippen LogP contribution in [0.5, 0.6) is 5.75 Å². The van der Waals surface area contributed by atoms with Gasteiger partial charge in [0, 0.05) is 6.04 Å². The molecule has 3 nitrogen and oxygen atoms in total. The third kappa shape index (κ3) is 3.75. The zero-order valence-corrected chi connectivity index (χ0v) is 12.3. The van der Waals surface area contributed by atoms with Crippen molar-refractivity contribution in [2.75, 3.05) is 7.11 Å². The number of hydrogen-bond acceptors (Lipinski definition) is 3. The summed E-state index contributed by atoms with van der Waals surface area (Å²) in [6.07, 6.45) is 0.0241. The van der Waals surface area contributed by atoms with Crippen molar-refractivity contribution >= 4 is 23.2 Å². The third-order valence-electron chi connectivity index (χ3n) is 3.00. The number of nitrogens with two attached hydrogens (primary N) is 1. The number of benzene rings is 1. The Labute approximate surface area is 118 Å². The van der Waals surface area contributed by atoms with Gasteiger partial charge in [-0.15, -0.1) is 0 Å². The fraction of sp³-hybridized carbons (Fsp3) is 0.538. The van der Waals surface area contributed by atoms with Gasteiger partial charge in [0.25, 0.3) is 0 Å². The second-order valence-electron chi connectivity index (χ2n) is 4.58. The van der Waals surface area contributed by atoms with Crippen LogP contribution in [-0.4, -0.2) is 24.4 Å². The van der Waals surface area contributed by atoms with Gasteiger partial charge in [-0.25, -0.2) is 0 Å². The lowest BCUT2D eigenvalue weighted by molar-refractivity contribution is 0.134. The van der Waals surface area contributed by atoms with E-state index in [-0.39, 0.29) is 12.0 Å². The number of ether oxygens (including phenoxy) is 1. The first-order chi connectivity index (χ1) is 8.36. The smallest absolute Gasteiger partial charge is 0.156 e. The van der Waals surface area contributed by atoms with Crippen LogP contribution < -0.4 is 10.5 Å². The Hall–Kier alpha value is -0.480. The Morgan fingerprint density at radius 3 is 2.17 bits per heavy atom. The number of aliphatic hydroxyl groups is 1. The van der Waals surface area contributed by atoms with Crippen LogP contribution in [0.15, 0.2) is 12.1 Å². The molecule has 0 spiro atoms. The van der Waals surface area contributed by atoms with Crippen molar-refractivity contribution in [2.24, 2.45) is 5.73 Å². The van der Waals surface area contributed by atoms with Crippen molar-refractivity contribution in [3.63, 3.8) is 0 Å². The molecule has 3 unspecified atom stereocenters. The summed E-state index contributed by atoms with van der Waals surface area (Å²) in [5, 5.41) is 10.7. The molecular weight excluding hydrogens is 273 g/mol. The second kappa shape index (κ2) is 6.62. The molecule has 1 rings (SSSR count). The first-order valence-electron chi connectivity index (χ1n) is 5.83. The highest BCUT2D eigenvalue weighted by Crippen LogP contribution is 2.36. The summed E-state index contributed by atoms with van der Waals surface area (Å²) in [5.41, 5.74) is 6.61. The summed E-state index contributed by atoms with van der Waals surface area (Å²) in [5.74, 6) is 0.592. The molecule has 1 aromatic rings. The van der Waals surface area contributed by atoms with Crippen LogP contribution in [0.3, 0.4) is 0 Å². The molecule has 0 fully saturated rings. The van der Waals surface area contributed by atoms with Crippen LogP contribution >= 0.6 is 23.2 Å². The zero-order chi connectivity index (χ0) is 13.9. The molecule has 0 heterocycles. The van der Waals surface area contributed by atoms with Crippen LogP contribution in [0.25, 0.3) is 0 Å². The maximum atomic E-state index is 9.78. The first-order valence-corrected chi connectivity index (χ1v) is 6.59. The maximum absolute atomic E-state index is 9.78. The van der Waals surface area contributed by atoms with E-state index in [2.05, 4.69) is 0 Å². The lowest BCUT2D eigenvalue weighted by Gasteiger charge is -2.20. The van der Waals surface area contributed by atoms with Crippen LogP contribution in [-0.2, 0) is 0 Å². The van der Waals surface area contributed by atoms with Crippen molar-refractivity contribution in [1.29, 1.82) is 0 Å². The predicted octanol–water partition coefficient (Wildman–Crippen LogP) is 3.20. The van der Waals surface area contributed by atoms with Crippen LogP contribution in [0.2, 0.25) is 10.0 Å². The first kappa shape index (κ1) is 15.6. The second-order valence-corrected chi connectivity index (χ2v) is 5.40. The molecule has 102 valence electrons. The average molecular weight is 292 g/mol. The molecule has 0 saturated heterocycles. The summed E-state index contributed by atoms with van der Waals surface area (Å²) >= 11 is 12.2. The van der Waals surface area contributed by atoms with E-state index >= 15 is 0 Å². The van der Waals surface area contributed by atoms with Gasteiger partial charge in [-0.1, -0.05) is 30.1 Å². The molecule has 0 bridgehead atoms. The molecule has 0 aliphatic rings. The van der Waals surface area contributed by atoms with E-state index < -0.39 is 6.10 Å². The van der Waals surface area contributed by atoms with Gasteiger partial charge >= 0.3 is 0 Å². The molecular formula is C13H19Cl2NO2. The summed E-state index contributed by atoms with van der Waals surface area (Å²) in [6.45, 7) is 3.78. The van der Waals surface area contributed by atoms with Crippen LogP contribution in [0, 0.1) is 0 Å². The van der Waals surface area contributed by atoms with E-state index in [9.17, 15) is 5.11 Å². The fourth-order valence-electron chi connectivity index (χ4n) is 1.77. The van der Waals surface area contributed by atoms with E-state index in [0.717, 1.165) is 5.56 Å². The lowest BCUT2D eigenvalue weighted by Crippen LogP contribution is -2.32. The highest BCUT2D eigenvalue weighted by Gasteiger charge is 2.18. The molecule has 3 atom stereocenters. The van der Waals surface area contributed by atoms with Crippen molar-refractivity contribution in [1.82, 2.24) is 0 Å². The Morgan fingerprint density at radius 2 is 1.78 bits per heavy atom. The van der Waals surface area contributed by atoms with Gasteiger partial charge in [-0.2, -0.15) is 0 Å². The van der Waals surface area contributed by atoms with E-state index in [4.69, 9.17) is 33.7 Å². The molecule has 0 aliphatic carbocycles. The van der Waals surface area contributed by atoms with Crippen molar-refractivity contribution < 1.29 is 9.84 Å². The van der Waals surface area contributed by atoms with E-state index in [1.165, 1.54) is 7.11 Å². The van der Waals surface area contributed by atoms with Gasteiger partial charge < -0.3 is 15.6 Å². The predicted molar refractivity (Wildman–Crippen MR) is 75.7 cm³/mol. The van der Waals surface area contributed by atoms with Gasteiger partial charge in [0.2, 0.25) is 0 Å². The van der Waals surface area contributed by atoms with Crippen LogP contribution in [0.1, 0.15) is 31.7 Å². The molecule has 1 aromatic carbocycles. The van der Waals surface area contributed by atoms with Crippen LogP contribution in [0.4, 0.5) is 0 Å². The Balaban J connectivity index is 2.90. The number of methoxy groups -OCH3 is 1. The van der Waals surface area contributed by atoms with E-state index in [0.29, 0.717) is 22.2 Å². The summed E-state index contributed by atoms with van der Waals surface area (Å²) in [7, 11) is 1.52. The molecule has 0 aliphatic heterocycles. The van der Waals surface area contributed by atoms with Gasteiger partial charge in [0.1, 0.15) is 0 Å². The summed E-state index contributed by atoms with van der Waals surface area (Å²) in [4.78, 5) is 0. The highest BCUT2D eigenvalue weighted by atomic mass is 35.5. The quantitative estimate of drug-likeness (QED) is 0.876. The Kier molecular flexibility index (Phi) is 5.73. The van der Waals surface area contributed by atoms with Gasteiger partial charge in [0.15, 0.2) is 5.75 Å². The third-order valence-corrected chi connectivity index (χ3v) is 3.56. The van der Waals surface area contributed by atoms with Crippen molar-refractivity contribution in [3.8, 4) is 5.75 Å².